The van der Waals surface area contributed by atoms with Gasteiger partial charge in [0.2, 0.25) is 5.91 Å². The summed E-state index contributed by atoms with van der Waals surface area (Å²) in [6.07, 6.45) is 6.88. The lowest BCUT2D eigenvalue weighted by Crippen LogP contribution is -2.31. The van der Waals surface area contributed by atoms with Crippen LogP contribution < -0.4 is 10.6 Å². The molecule has 1 spiro atoms. The maximum Gasteiger partial charge on any atom is 0.228 e. The Balaban J connectivity index is 0.00000121. The second-order valence-electron chi connectivity index (χ2n) is 7.12. The van der Waals surface area contributed by atoms with Gasteiger partial charge in [0.15, 0.2) is 0 Å². The number of anilines is 1. The summed E-state index contributed by atoms with van der Waals surface area (Å²) in [7, 11) is 0. The van der Waals surface area contributed by atoms with Crippen molar-refractivity contribution in [3.8, 4) is 11.1 Å². The summed E-state index contributed by atoms with van der Waals surface area (Å²) in [5.41, 5.74) is 4.50. The molecule has 140 valence electrons. The fraction of sp³-hybridized carbons (Fsp3) is 0.400. The predicted octanol–water partition coefficient (Wildman–Crippen LogP) is 4.23. The van der Waals surface area contributed by atoms with E-state index < -0.39 is 0 Å². The molecule has 4 nitrogen and oxygen atoms in total. The maximum absolute atomic E-state index is 12.7. The van der Waals surface area contributed by atoms with E-state index in [2.05, 4.69) is 33.8 Å². The molecule has 1 amide bonds. The van der Waals surface area contributed by atoms with E-state index in [4.69, 9.17) is 0 Å². The Morgan fingerprint density at radius 1 is 1.12 bits per heavy atom. The van der Waals surface area contributed by atoms with Crippen LogP contribution in [-0.4, -0.2) is 24.0 Å². The maximum atomic E-state index is 12.7. The minimum atomic E-state index is 0. The van der Waals surface area contributed by atoms with Gasteiger partial charge in [-0.2, -0.15) is 0 Å². The number of nitrogens with zero attached hydrogens (tertiary/aromatic N) is 1. The van der Waals surface area contributed by atoms with Gasteiger partial charge in [-0.15, -0.1) is 24.8 Å². The summed E-state index contributed by atoms with van der Waals surface area (Å²) >= 11 is 0. The van der Waals surface area contributed by atoms with Crippen molar-refractivity contribution in [2.24, 2.45) is 11.3 Å². The van der Waals surface area contributed by atoms with Crippen LogP contribution in [0.2, 0.25) is 0 Å². The smallest absolute Gasteiger partial charge is 0.228 e. The first kappa shape index (κ1) is 20.7. The standard InChI is InChI=1S/C20H23N3O.2ClH/c1-14-2-3-16(15-4-8-21-9-5-15)12-18(14)23-19(24)17-13-20(17)6-10-22-11-7-20;;/h2-5,8-9,12,17,22H,6-7,10-11,13H2,1H3,(H,23,24);2*1H. The van der Waals surface area contributed by atoms with E-state index in [1.54, 1.807) is 12.4 Å². The topological polar surface area (TPSA) is 54.0 Å². The Morgan fingerprint density at radius 3 is 2.50 bits per heavy atom. The van der Waals surface area contributed by atoms with Crippen LogP contribution in [0.25, 0.3) is 11.1 Å². The number of rotatable bonds is 3. The highest BCUT2D eigenvalue weighted by Crippen LogP contribution is 2.58. The molecule has 4 rings (SSSR count). The van der Waals surface area contributed by atoms with Crippen molar-refractivity contribution in [3.05, 3.63) is 48.3 Å². The van der Waals surface area contributed by atoms with E-state index in [-0.39, 0.29) is 42.1 Å². The number of carbonyl (C=O) groups excluding carboxylic acids is 1. The predicted molar refractivity (Wildman–Crippen MR) is 110 cm³/mol. The zero-order valence-electron chi connectivity index (χ0n) is 14.8. The molecule has 1 saturated carbocycles. The van der Waals surface area contributed by atoms with E-state index in [9.17, 15) is 4.79 Å². The lowest BCUT2D eigenvalue weighted by Gasteiger charge is -2.23. The van der Waals surface area contributed by atoms with Crippen molar-refractivity contribution in [2.75, 3.05) is 18.4 Å². The van der Waals surface area contributed by atoms with Gasteiger partial charge in [0, 0.05) is 24.0 Å². The van der Waals surface area contributed by atoms with E-state index in [1.807, 2.05) is 19.1 Å². The highest BCUT2D eigenvalue weighted by molar-refractivity contribution is 5.96. The largest absolute Gasteiger partial charge is 0.326 e. The zero-order valence-corrected chi connectivity index (χ0v) is 16.5. The van der Waals surface area contributed by atoms with Gasteiger partial charge in [-0.25, -0.2) is 0 Å². The Labute approximate surface area is 167 Å². The molecule has 6 heteroatoms. The van der Waals surface area contributed by atoms with Gasteiger partial charge in [0.1, 0.15) is 0 Å². The van der Waals surface area contributed by atoms with Gasteiger partial charge in [-0.1, -0.05) is 12.1 Å². The molecule has 2 heterocycles. The fourth-order valence-corrected chi connectivity index (χ4v) is 3.90. The van der Waals surface area contributed by atoms with Crippen molar-refractivity contribution < 1.29 is 4.79 Å². The molecule has 1 saturated heterocycles. The highest BCUT2D eigenvalue weighted by Gasteiger charge is 2.57. The summed E-state index contributed by atoms with van der Waals surface area (Å²) in [4.78, 5) is 16.8. The molecule has 2 N–H and O–H groups in total. The van der Waals surface area contributed by atoms with Crippen molar-refractivity contribution in [3.63, 3.8) is 0 Å². The third kappa shape index (κ3) is 4.03. The van der Waals surface area contributed by atoms with E-state index >= 15 is 0 Å². The molecule has 2 aromatic rings. The number of halogens is 2. The average Bonchev–Trinajstić information content (AvgIpc) is 3.31. The Morgan fingerprint density at radius 2 is 1.81 bits per heavy atom. The van der Waals surface area contributed by atoms with Crippen molar-refractivity contribution in [2.45, 2.75) is 26.2 Å². The van der Waals surface area contributed by atoms with Crippen molar-refractivity contribution >= 4 is 36.4 Å². The molecule has 26 heavy (non-hydrogen) atoms. The Kier molecular flexibility index (Phi) is 6.67. The summed E-state index contributed by atoms with van der Waals surface area (Å²) in [6.45, 7) is 4.12. The second kappa shape index (κ2) is 8.38. The monoisotopic (exact) mass is 393 g/mol. The van der Waals surface area contributed by atoms with Crippen LogP contribution in [0.5, 0.6) is 0 Å². The van der Waals surface area contributed by atoms with Crippen LogP contribution in [0.15, 0.2) is 42.7 Å². The first-order valence-corrected chi connectivity index (χ1v) is 8.71. The van der Waals surface area contributed by atoms with Gasteiger partial charge in [-0.05, 0) is 79.6 Å². The molecule has 2 aliphatic rings. The van der Waals surface area contributed by atoms with Gasteiger partial charge in [0.05, 0.1) is 0 Å². The fourth-order valence-electron chi connectivity index (χ4n) is 3.90. The molecule has 1 aliphatic heterocycles. The van der Waals surface area contributed by atoms with Crippen molar-refractivity contribution in [1.82, 2.24) is 10.3 Å². The normalized spacial score (nSPS) is 19.8. The van der Waals surface area contributed by atoms with E-state index in [0.717, 1.165) is 54.7 Å². The van der Waals surface area contributed by atoms with Crippen LogP contribution in [0.3, 0.4) is 0 Å². The minimum Gasteiger partial charge on any atom is -0.326 e. The van der Waals surface area contributed by atoms with Gasteiger partial charge in [0.25, 0.3) is 0 Å². The number of nitrogens with one attached hydrogen (secondary N) is 2. The third-order valence-electron chi connectivity index (χ3n) is 5.61. The van der Waals surface area contributed by atoms with Gasteiger partial charge < -0.3 is 10.6 Å². The number of piperidine rings is 1. The van der Waals surface area contributed by atoms with E-state index in [0.29, 0.717) is 0 Å². The van der Waals surface area contributed by atoms with Crippen LogP contribution >= 0.6 is 24.8 Å². The second-order valence-corrected chi connectivity index (χ2v) is 7.12. The summed E-state index contributed by atoms with van der Waals surface area (Å²) in [6, 6.07) is 10.2. The molecule has 1 aromatic carbocycles. The van der Waals surface area contributed by atoms with Crippen LogP contribution in [0.1, 0.15) is 24.8 Å². The summed E-state index contributed by atoms with van der Waals surface area (Å²) < 4.78 is 0. The SMILES string of the molecule is Cc1ccc(-c2ccncc2)cc1NC(=O)C1CC12CCNCC2.Cl.Cl. The molecular formula is C20H25Cl2N3O. The number of amides is 1. The zero-order chi connectivity index (χ0) is 16.6. The van der Waals surface area contributed by atoms with Crippen LogP contribution in [0.4, 0.5) is 5.69 Å². The number of aryl methyl sites for hydroxylation is 1. The Bertz CT molecular complexity index is 761. The van der Waals surface area contributed by atoms with Gasteiger partial charge in [-0.3, -0.25) is 9.78 Å². The van der Waals surface area contributed by atoms with Gasteiger partial charge >= 0.3 is 0 Å². The summed E-state index contributed by atoms with van der Waals surface area (Å²) in [5, 5.41) is 6.57. The number of pyridine rings is 1. The molecule has 1 atom stereocenters. The van der Waals surface area contributed by atoms with Crippen LogP contribution in [-0.2, 0) is 4.79 Å². The first-order valence-electron chi connectivity index (χ1n) is 8.71. The lowest BCUT2D eigenvalue weighted by molar-refractivity contribution is -0.118. The number of carbonyl (C=O) groups is 1. The number of aromatic nitrogens is 1. The Hall–Kier alpha value is -1.62. The van der Waals surface area contributed by atoms with E-state index in [1.165, 1.54) is 0 Å². The molecule has 0 radical (unpaired) electrons. The molecule has 1 aliphatic carbocycles. The molecule has 2 fully saturated rings. The lowest BCUT2D eigenvalue weighted by atomic mass is 9.91. The first-order chi connectivity index (χ1) is 11.7. The number of hydrogen-bond acceptors (Lipinski definition) is 3. The van der Waals surface area contributed by atoms with Crippen molar-refractivity contribution in [1.29, 1.82) is 0 Å². The molecule has 1 unspecified atom stereocenters. The van der Waals surface area contributed by atoms with Crippen LogP contribution in [0, 0.1) is 18.3 Å². The number of hydrogen-bond donors (Lipinski definition) is 2. The third-order valence-corrected chi connectivity index (χ3v) is 5.61. The minimum absolute atomic E-state index is 0. The highest BCUT2D eigenvalue weighted by atomic mass is 35.5. The molecule has 0 bridgehead atoms. The summed E-state index contributed by atoms with van der Waals surface area (Å²) in [5.74, 6) is 0.371. The number of benzene rings is 1. The average molecular weight is 394 g/mol. The molecular weight excluding hydrogens is 369 g/mol. The molecule has 1 aromatic heterocycles. The quantitative estimate of drug-likeness (QED) is 0.819.